The normalized spacial score (nSPS) is 26.4. The van der Waals surface area contributed by atoms with Gasteiger partial charge in [-0.25, -0.2) is 28.7 Å². The maximum absolute atomic E-state index is 14.2. The first kappa shape index (κ1) is 79.1. The number of benzene rings is 3. The smallest absolute Gasteiger partial charge is 0.162 e. The molecule has 4 saturated carbocycles. The van der Waals surface area contributed by atoms with E-state index in [0.29, 0.717) is 79.9 Å². The number of nitriles is 1. The Morgan fingerprint density at radius 1 is 0.385 bits per heavy atom. The molecule has 610 valence electrons. The topological polar surface area (TPSA) is 355 Å². The van der Waals surface area contributed by atoms with Crippen molar-refractivity contribution < 1.29 is 68.6 Å². The third kappa shape index (κ3) is 15.2. The van der Waals surface area contributed by atoms with E-state index in [9.17, 15) is 54.9 Å². The van der Waals surface area contributed by atoms with Crippen LogP contribution in [0.1, 0.15) is 128 Å². The summed E-state index contributed by atoms with van der Waals surface area (Å²) in [5.74, 6) is 0.512. The van der Waals surface area contributed by atoms with E-state index in [-0.39, 0.29) is 23.9 Å². The number of rotatable bonds is 12. The SMILES string of the molecule is Cc1cc2c(c(O[C@H]3C[C@@H](n4ccc5c(C)ccnc54)[C@H](O)[C@@H]3O)c1)CNCC2.Cc1ccnc2c1ccn2[C@@H]1C[C@H](Oc2cc(C#N)cc3c2CNCC3)[C@@H](O)[C@H]1O.Cc1ccnc2c1ccn2[C@@H]1C[C@H](Oc2cc(F)c(F)c3c2CNCC3)[C@@H](O)[C@H]1O.Cc1ccnc2c1ccn2[C@@H]1C[C@H](Oc2cncc3c2CNCC3)[C@@H](O)[C@H]1O. The number of nitrogens with one attached hydrogen (secondary N) is 4. The summed E-state index contributed by atoms with van der Waals surface area (Å²) in [6.45, 7) is 16.0. The van der Waals surface area contributed by atoms with Crippen molar-refractivity contribution in [3.05, 3.63) is 230 Å². The molecule has 12 N–H and O–H groups in total. The molecular formula is C89H98F2N14O12. The summed E-state index contributed by atoms with van der Waals surface area (Å²) in [4.78, 5) is 22.2. The van der Waals surface area contributed by atoms with Gasteiger partial charge >= 0.3 is 0 Å². The predicted octanol–water partition coefficient (Wildman–Crippen LogP) is 8.27. The zero-order valence-electron chi connectivity index (χ0n) is 65.8. The highest BCUT2D eigenvalue weighted by Crippen LogP contribution is 2.44. The van der Waals surface area contributed by atoms with Gasteiger partial charge in [-0.2, -0.15) is 5.26 Å². The number of aliphatic hydroxyl groups is 8. The van der Waals surface area contributed by atoms with Gasteiger partial charge in [0.25, 0.3) is 0 Å². The lowest BCUT2D eigenvalue weighted by atomic mass is 9.97. The Labute approximate surface area is 674 Å². The van der Waals surface area contributed by atoms with Crippen molar-refractivity contribution >= 4 is 44.1 Å². The van der Waals surface area contributed by atoms with E-state index >= 15 is 0 Å². The Bertz CT molecular complexity index is 5730. The average Bonchev–Trinajstić information content (AvgIpc) is 1.49. The molecule has 0 bridgehead atoms. The number of nitrogens with zero attached hydrogens (tertiary/aromatic N) is 10. The van der Waals surface area contributed by atoms with Gasteiger partial charge in [0.15, 0.2) is 11.6 Å². The molecule has 4 fully saturated rings. The van der Waals surface area contributed by atoms with Gasteiger partial charge < -0.3 is 99.3 Å². The van der Waals surface area contributed by atoms with E-state index < -0.39 is 90.9 Å². The summed E-state index contributed by atoms with van der Waals surface area (Å²) in [6.07, 6.45) is 12.8. The van der Waals surface area contributed by atoms with Gasteiger partial charge in [-0.1, -0.05) is 6.07 Å². The lowest BCUT2D eigenvalue weighted by molar-refractivity contribution is -0.0167. The second kappa shape index (κ2) is 33.2. The molecule has 0 unspecified atom stereocenters. The molecule has 0 saturated heterocycles. The average molecular weight is 1590 g/mol. The van der Waals surface area contributed by atoms with Gasteiger partial charge in [-0.05, 0) is 198 Å². The molecule has 117 heavy (non-hydrogen) atoms. The molecule has 13 heterocycles. The van der Waals surface area contributed by atoms with Gasteiger partial charge in [0.05, 0.1) is 42.0 Å². The maximum atomic E-state index is 14.2. The fourth-order valence-electron chi connectivity index (χ4n) is 18.6. The van der Waals surface area contributed by atoms with Crippen LogP contribution in [-0.2, 0) is 51.9 Å². The number of hydrogen-bond acceptors (Lipinski definition) is 22. The third-order valence-electron chi connectivity index (χ3n) is 25.1. The van der Waals surface area contributed by atoms with Gasteiger partial charge in [-0.15, -0.1) is 0 Å². The zero-order valence-corrected chi connectivity index (χ0v) is 65.8. The minimum Gasteiger partial charge on any atom is -0.487 e. The van der Waals surface area contributed by atoms with Gasteiger partial charge in [0.2, 0.25) is 0 Å². The molecule has 8 aliphatic rings. The molecule has 26 nitrogen and oxygen atoms in total. The number of aromatic nitrogens is 9. The van der Waals surface area contributed by atoms with Crippen LogP contribution in [-0.4, -0.2) is 183 Å². The number of hydrogen-bond donors (Lipinski definition) is 12. The monoisotopic (exact) mass is 1590 g/mol. The maximum Gasteiger partial charge on any atom is 0.162 e. The lowest BCUT2D eigenvalue weighted by Crippen LogP contribution is -2.35. The van der Waals surface area contributed by atoms with Crippen molar-refractivity contribution in [3.8, 4) is 29.1 Å². The second-order valence-corrected chi connectivity index (χ2v) is 32.3. The Kier molecular flexibility index (Phi) is 22.5. The van der Waals surface area contributed by atoms with E-state index in [0.717, 1.165) is 158 Å². The highest BCUT2D eigenvalue weighted by atomic mass is 19.2. The predicted molar refractivity (Wildman–Crippen MR) is 433 cm³/mol. The molecule has 28 heteroatoms. The van der Waals surface area contributed by atoms with Crippen LogP contribution < -0.4 is 40.2 Å². The molecule has 0 amide bonds. The van der Waals surface area contributed by atoms with Crippen molar-refractivity contribution in [2.24, 2.45) is 0 Å². The molecule has 9 aromatic heterocycles. The largest absolute Gasteiger partial charge is 0.487 e. The third-order valence-corrected chi connectivity index (χ3v) is 25.1. The quantitative estimate of drug-likeness (QED) is 0.0547. The fourth-order valence-corrected chi connectivity index (χ4v) is 18.6. The second-order valence-electron chi connectivity index (χ2n) is 32.3. The Balaban J connectivity index is 0.000000112. The van der Waals surface area contributed by atoms with Crippen LogP contribution in [0.5, 0.6) is 23.0 Å². The van der Waals surface area contributed by atoms with E-state index in [1.54, 1.807) is 37.1 Å². The molecule has 3 aromatic carbocycles. The van der Waals surface area contributed by atoms with Crippen LogP contribution >= 0.6 is 0 Å². The number of fused-ring (bicyclic) bond motifs is 8. The first-order valence-corrected chi connectivity index (χ1v) is 40.4. The van der Waals surface area contributed by atoms with Gasteiger partial charge in [-0.3, -0.25) is 4.98 Å². The van der Waals surface area contributed by atoms with E-state index in [2.05, 4.69) is 72.2 Å². The Morgan fingerprint density at radius 2 is 0.726 bits per heavy atom. The summed E-state index contributed by atoms with van der Waals surface area (Å²) in [5, 5.41) is 113. The first-order chi connectivity index (χ1) is 56.7. The molecule has 12 aromatic rings. The van der Waals surface area contributed by atoms with Crippen LogP contribution in [0, 0.1) is 57.6 Å². The van der Waals surface area contributed by atoms with E-state index in [1.807, 2.05) is 131 Å². The number of pyridine rings is 5. The van der Waals surface area contributed by atoms with Crippen LogP contribution in [0.4, 0.5) is 8.78 Å². The Morgan fingerprint density at radius 3 is 1.13 bits per heavy atom. The molecule has 16 atom stereocenters. The van der Waals surface area contributed by atoms with Crippen LogP contribution in [0.3, 0.4) is 0 Å². The summed E-state index contributed by atoms with van der Waals surface area (Å²) >= 11 is 0. The number of ether oxygens (including phenoxy) is 4. The molecule has 4 aliphatic carbocycles. The summed E-state index contributed by atoms with van der Waals surface area (Å²) in [6, 6.07) is 25.5. The minimum atomic E-state index is -1.17. The molecule has 20 rings (SSSR count). The highest BCUT2D eigenvalue weighted by molar-refractivity contribution is 5.82. The molecule has 4 aliphatic heterocycles. The molecule has 0 spiro atoms. The van der Waals surface area contributed by atoms with Gasteiger partial charge in [0.1, 0.15) is 119 Å². The van der Waals surface area contributed by atoms with Crippen molar-refractivity contribution in [3.63, 3.8) is 0 Å². The van der Waals surface area contributed by atoms with Crippen LogP contribution in [0.15, 0.2) is 141 Å². The number of halogens is 2. The number of aryl methyl sites for hydroxylation is 5. The fraction of sp³-hybridized carbons (Fsp3) is 0.416. The summed E-state index contributed by atoms with van der Waals surface area (Å²) in [5.41, 5.74) is 17.1. The van der Waals surface area contributed by atoms with Crippen molar-refractivity contribution in [2.75, 3.05) is 26.2 Å². The first-order valence-electron chi connectivity index (χ1n) is 40.4. The van der Waals surface area contributed by atoms with Crippen molar-refractivity contribution in [1.82, 2.24) is 64.5 Å². The van der Waals surface area contributed by atoms with Gasteiger partial charge in [0, 0.05) is 163 Å². The van der Waals surface area contributed by atoms with E-state index in [4.69, 9.17) is 18.9 Å². The standard InChI is InChI=1S/C23H24N4O3.C23H27N3O3.C22H23F2N3O3.C21H24N4O3/c1-13-2-6-26-23-16(13)4-7-27(23)18-10-20(22(29)21(18)28)30-19-9-14(11-24)8-15-3-5-25-12-17(15)19;1-13-9-15-4-6-24-12-17(15)19(10-13)29-20-11-18(21(27)22(20)28)26-8-5-16-14(2)3-7-25-23(16)26;1-11-2-6-26-22-12(11)4-7-27(22)16-9-18(21(29)20(16)28)30-17-8-15(23)19(24)13-3-5-25-10-14(13)17;1-12-2-6-24-21-14(12)4-7-25(21)16-8-17(20(27)19(16)26)28-18-11-23-9-13-3-5-22-10-15(13)18/h2,4,6-9,18,20-22,25,28-29H,3,5,10,12H2,1H3;3,5,7-10,18,20-22,24,27-28H,4,6,11-12H2,1-2H3;2,4,6-8,16,18,20-21,25,28-29H,3,5,9-10H2,1H3;2,4,6-7,9,11,16-17,19-20,22,26-27H,3,5,8,10H2,1H3/t2*18-,20+,21+,22-;16-,18+,20+,21-;16-,17+,19+,20-/m1111/s1. The van der Waals surface area contributed by atoms with Crippen molar-refractivity contribution in [2.45, 2.75) is 210 Å². The number of aliphatic hydroxyl groups excluding tert-OH is 8. The minimum absolute atomic E-state index is 0.208. The Hall–Kier alpha value is -10.4. The van der Waals surface area contributed by atoms with Crippen molar-refractivity contribution in [1.29, 1.82) is 5.26 Å². The van der Waals surface area contributed by atoms with Crippen LogP contribution in [0.2, 0.25) is 0 Å². The molecular weight excluding hydrogens is 1500 g/mol. The zero-order chi connectivity index (χ0) is 81.2. The summed E-state index contributed by atoms with van der Waals surface area (Å²) in [7, 11) is 0. The summed E-state index contributed by atoms with van der Waals surface area (Å²) < 4.78 is 60.7. The molecule has 0 radical (unpaired) electrons. The van der Waals surface area contributed by atoms with Crippen LogP contribution in [0.25, 0.3) is 44.1 Å². The highest BCUT2D eigenvalue weighted by Gasteiger charge is 2.49. The lowest BCUT2D eigenvalue weighted by Gasteiger charge is -2.25. The van der Waals surface area contributed by atoms with E-state index in [1.165, 1.54) is 11.1 Å².